The fraction of sp³-hybridized carbons (Fsp3) is 0.647. The second-order valence-electron chi connectivity index (χ2n) is 6.93. The molecule has 0 radical (unpaired) electrons. The third-order valence-corrected chi connectivity index (χ3v) is 4.16. The number of hydrogen-bond donors (Lipinski definition) is 1. The first-order chi connectivity index (χ1) is 8.99. The first kappa shape index (κ1) is 17.5. The quantitative estimate of drug-likeness (QED) is 0.924. The fourth-order valence-electron chi connectivity index (χ4n) is 2.86. The molecular formula is C17H29ClN2. The Kier molecular flexibility index (Phi) is 6.50. The van der Waals surface area contributed by atoms with E-state index in [-0.39, 0.29) is 17.8 Å². The Morgan fingerprint density at radius 2 is 1.85 bits per heavy atom. The molecule has 20 heavy (non-hydrogen) atoms. The predicted molar refractivity (Wildman–Crippen MR) is 89.4 cm³/mol. The van der Waals surface area contributed by atoms with E-state index in [1.165, 1.54) is 30.5 Å². The molecule has 2 nitrogen and oxygen atoms in total. The molecule has 1 aliphatic heterocycles. The van der Waals surface area contributed by atoms with Gasteiger partial charge in [0.1, 0.15) is 0 Å². The first-order valence-corrected chi connectivity index (χ1v) is 7.51. The average molecular weight is 297 g/mol. The van der Waals surface area contributed by atoms with Crippen LogP contribution in [-0.4, -0.2) is 24.5 Å². The molecule has 1 atom stereocenters. The highest BCUT2D eigenvalue weighted by molar-refractivity contribution is 5.85. The summed E-state index contributed by atoms with van der Waals surface area (Å²) in [4.78, 5) is 2.55. The standard InChI is InChI=1S/C17H28N2.ClH/c1-17(2,3)16-8-6-14(7-9-16)12-19-10-4-5-15(11-18)13-19;/h6-9,15H,4-5,10-13,18H2,1-3H3;1H. The van der Waals surface area contributed by atoms with Gasteiger partial charge in [-0.25, -0.2) is 0 Å². The van der Waals surface area contributed by atoms with Crippen LogP contribution in [0.25, 0.3) is 0 Å². The highest BCUT2D eigenvalue weighted by Crippen LogP contribution is 2.23. The Morgan fingerprint density at radius 1 is 1.20 bits per heavy atom. The van der Waals surface area contributed by atoms with Gasteiger partial charge in [0, 0.05) is 13.1 Å². The Hall–Kier alpha value is -0.570. The van der Waals surface area contributed by atoms with E-state index < -0.39 is 0 Å². The monoisotopic (exact) mass is 296 g/mol. The minimum absolute atomic E-state index is 0. The lowest BCUT2D eigenvalue weighted by Gasteiger charge is -2.32. The van der Waals surface area contributed by atoms with Gasteiger partial charge in [0.25, 0.3) is 0 Å². The summed E-state index contributed by atoms with van der Waals surface area (Å²) in [6.45, 7) is 11.1. The van der Waals surface area contributed by atoms with Crippen molar-refractivity contribution >= 4 is 12.4 Å². The number of hydrogen-bond acceptors (Lipinski definition) is 2. The molecular weight excluding hydrogens is 268 g/mol. The highest BCUT2D eigenvalue weighted by Gasteiger charge is 2.19. The molecule has 1 aliphatic rings. The van der Waals surface area contributed by atoms with E-state index in [1.807, 2.05) is 0 Å². The Morgan fingerprint density at radius 3 is 2.40 bits per heavy atom. The number of piperidine rings is 1. The fourth-order valence-corrected chi connectivity index (χ4v) is 2.86. The molecule has 114 valence electrons. The van der Waals surface area contributed by atoms with Crippen molar-refractivity contribution in [2.24, 2.45) is 11.7 Å². The van der Waals surface area contributed by atoms with Gasteiger partial charge in [-0.2, -0.15) is 0 Å². The molecule has 0 saturated carbocycles. The zero-order valence-corrected chi connectivity index (χ0v) is 13.9. The Labute approximate surface area is 130 Å². The number of rotatable bonds is 3. The molecule has 2 N–H and O–H groups in total. The Balaban J connectivity index is 0.00000200. The summed E-state index contributed by atoms with van der Waals surface area (Å²) in [6, 6.07) is 9.12. The van der Waals surface area contributed by atoms with Crippen LogP contribution in [0, 0.1) is 5.92 Å². The van der Waals surface area contributed by atoms with Crippen LogP contribution in [0.3, 0.4) is 0 Å². The van der Waals surface area contributed by atoms with Gasteiger partial charge in [-0.05, 0) is 48.4 Å². The van der Waals surface area contributed by atoms with Crippen molar-refractivity contribution in [3.8, 4) is 0 Å². The van der Waals surface area contributed by atoms with Gasteiger partial charge in [-0.15, -0.1) is 12.4 Å². The Bertz CT molecular complexity index is 394. The molecule has 1 aromatic rings. The maximum atomic E-state index is 5.80. The van der Waals surface area contributed by atoms with E-state index in [9.17, 15) is 0 Å². The minimum atomic E-state index is 0. The summed E-state index contributed by atoms with van der Waals surface area (Å²) in [6.07, 6.45) is 2.60. The van der Waals surface area contributed by atoms with Gasteiger partial charge < -0.3 is 5.73 Å². The van der Waals surface area contributed by atoms with Crippen molar-refractivity contribution in [1.82, 2.24) is 4.90 Å². The predicted octanol–water partition coefficient (Wildman–Crippen LogP) is 3.58. The SMILES string of the molecule is CC(C)(C)c1ccc(CN2CCCC(CN)C2)cc1.Cl. The third kappa shape index (κ3) is 4.76. The molecule has 3 heteroatoms. The van der Waals surface area contributed by atoms with Crippen molar-refractivity contribution in [1.29, 1.82) is 0 Å². The summed E-state index contributed by atoms with van der Waals surface area (Å²) >= 11 is 0. The molecule has 0 amide bonds. The summed E-state index contributed by atoms with van der Waals surface area (Å²) < 4.78 is 0. The van der Waals surface area contributed by atoms with Crippen molar-refractivity contribution in [3.05, 3.63) is 35.4 Å². The van der Waals surface area contributed by atoms with Crippen molar-refractivity contribution in [2.75, 3.05) is 19.6 Å². The summed E-state index contributed by atoms with van der Waals surface area (Å²) in [7, 11) is 0. The zero-order chi connectivity index (χ0) is 13.9. The number of halogens is 1. The molecule has 1 unspecified atom stereocenters. The molecule has 0 aromatic heterocycles. The summed E-state index contributed by atoms with van der Waals surface area (Å²) in [5.41, 5.74) is 8.88. The van der Waals surface area contributed by atoms with E-state index in [1.54, 1.807) is 0 Å². The average Bonchev–Trinajstić information content (AvgIpc) is 2.38. The normalized spacial score (nSPS) is 20.5. The lowest BCUT2D eigenvalue weighted by molar-refractivity contribution is 0.171. The van der Waals surface area contributed by atoms with Crippen LogP contribution < -0.4 is 5.73 Å². The van der Waals surface area contributed by atoms with Crippen LogP contribution in [-0.2, 0) is 12.0 Å². The van der Waals surface area contributed by atoms with Crippen LogP contribution in [0.15, 0.2) is 24.3 Å². The van der Waals surface area contributed by atoms with Crippen molar-refractivity contribution in [2.45, 2.75) is 45.6 Å². The minimum Gasteiger partial charge on any atom is -0.330 e. The van der Waals surface area contributed by atoms with Crippen LogP contribution in [0.5, 0.6) is 0 Å². The number of likely N-dealkylation sites (tertiary alicyclic amines) is 1. The zero-order valence-electron chi connectivity index (χ0n) is 13.1. The van der Waals surface area contributed by atoms with Gasteiger partial charge in [0.05, 0.1) is 0 Å². The van der Waals surface area contributed by atoms with E-state index in [4.69, 9.17) is 5.73 Å². The van der Waals surface area contributed by atoms with Crippen LogP contribution >= 0.6 is 12.4 Å². The molecule has 0 bridgehead atoms. The largest absolute Gasteiger partial charge is 0.330 e. The van der Waals surface area contributed by atoms with Gasteiger partial charge in [0.15, 0.2) is 0 Å². The van der Waals surface area contributed by atoms with Crippen molar-refractivity contribution in [3.63, 3.8) is 0 Å². The topological polar surface area (TPSA) is 29.3 Å². The van der Waals surface area contributed by atoms with Gasteiger partial charge in [0.2, 0.25) is 0 Å². The first-order valence-electron chi connectivity index (χ1n) is 7.51. The van der Waals surface area contributed by atoms with Crippen LogP contribution in [0.1, 0.15) is 44.7 Å². The van der Waals surface area contributed by atoms with E-state index >= 15 is 0 Å². The lowest BCUT2D eigenvalue weighted by Crippen LogP contribution is -2.37. The summed E-state index contributed by atoms with van der Waals surface area (Å²) in [5, 5.41) is 0. The molecule has 1 heterocycles. The molecule has 1 saturated heterocycles. The third-order valence-electron chi connectivity index (χ3n) is 4.16. The number of nitrogens with zero attached hydrogens (tertiary/aromatic N) is 1. The van der Waals surface area contributed by atoms with Gasteiger partial charge in [-0.1, -0.05) is 45.0 Å². The molecule has 1 fully saturated rings. The number of benzene rings is 1. The highest BCUT2D eigenvalue weighted by atomic mass is 35.5. The molecule has 0 aliphatic carbocycles. The maximum Gasteiger partial charge on any atom is 0.0233 e. The maximum absolute atomic E-state index is 5.80. The lowest BCUT2D eigenvalue weighted by atomic mass is 9.86. The molecule has 0 spiro atoms. The van der Waals surface area contributed by atoms with E-state index in [0.717, 1.165) is 19.6 Å². The second-order valence-corrected chi connectivity index (χ2v) is 6.93. The molecule has 1 aromatic carbocycles. The van der Waals surface area contributed by atoms with Gasteiger partial charge in [-0.3, -0.25) is 4.90 Å². The van der Waals surface area contributed by atoms with E-state index in [2.05, 4.69) is 49.9 Å². The second kappa shape index (κ2) is 7.44. The molecule has 2 rings (SSSR count). The summed E-state index contributed by atoms with van der Waals surface area (Å²) in [5.74, 6) is 0.697. The van der Waals surface area contributed by atoms with Gasteiger partial charge >= 0.3 is 0 Å². The van der Waals surface area contributed by atoms with Crippen molar-refractivity contribution < 1.29 is 0 Å². The number of nitrogens with two attached hydrogens (primary N) is 1. The van der Waals surface area contributed by atoms with Crippen LogP contribution in [0.4, 0.5) is 0 Å². The smallest absolute Gasteiger partial charge is 0.0233 e. The van der Waals surface area contributed by atoms with E-state index in [0.29, 0.717) is 5.92 Å². The van der Waals surface area contributed by atoms with Crippen LogP contribution in [0.2, 0.25) is 0 Å².